The van der Waals surface area contributed by atoms with Crippen molar-refractivity contribution in [2.45, 2.75) is 6.92 Å². The summed E-state index contributed by atoms with van der Waals surface area (Å²) in [5.74, 6) is 1.39. The highest BCUT2D eigenvalue weighted by Crippen LogP contribution is 2.49. The van der Waals surface area contributed by atoms with E-state index in [1.54, 1.807) is 24.3 Å². The molecule has 8 nitrogen and oxygen atoms in total. The van der Waals surface area contributed by atoms with Gasteiger partial charge in [0.2, 0.25) is 10.0 Å². The lowest BCUT2D eigenvalue weighted by molar-refractivity contribution is 0.380. The molecule has 0 aliphatic rings. The highest BCUT2D eigenvalue weighted by molar-refractivity contribution is 7.92. The van der Waals surface area contributed by atoms with Gasteiger partial charge in [-0.05, 0) is 24.6 Å². The topological polar surface area (TPSA) is 109 Å². The van der Waals surface area contributed by atoms with Crippen molar-refractivity contribution < 1.29 is 27.4 Å². The van der Waals surface area contributed by atoms with E-state index < -0.39 is 10.0 Å². The molecule has 0 aliphatic carbocycles. The van der Waals surface area contributed by atoms with Crippen LogP contribution < -0.4 is 29.4 Å². The summed E-state index contributed by atoms with van der Waals surface area (Å²) in [5, 5.41) is 0. The normalized spacial score (nSPS) is 11.0. The first-order chi connectivity index (χ1) is 12.8. The molecule has 0 aromatic heterocycles. The van der Waals surface area contributed by atoms with Crippen LogP contribution in [-0.2, 0) is 10.0 Å². The van der Waals surface area contributed by atoms with Crippen molar-refractivity contribution in [2.24, 2.45) is 0 Å². The number of methoxy groups -OCH3 is 4. The van der Waals surface area contributed by atoms with Crippen molar-refractivity contribution in [2.75, 3.05) is 44.6 Å². The Morgan fingerprint density at radius 1 is 0.926 bits per heavy atom. The van der Waals surface area contributed by atoms with E-state index in [0.717, 1.165) is 0 Å². The van der Waals surface area contributed by atoms with Crippen LogP contribution in [0.4, 0.5) is 11.4 Å². The van der Waals surface area contributed by atoms with Gasteiger partial charge in [-0.2, -0.15) is 0 Å². The van der Waals surface area contributed by atoms with E-state index in [0.29, 0.717) is 28.3 Å². The summed E-state index contributed by atoms with van der Waals surface area (Å²) in [6.45, 7) is 1.54. The summed E-state index contributed by atoms with van der Waals surface area (Å²) < 4.78 is 48.4. The lowest BCUT2D eigenvalue weighted by atomic mass is 10.0. The van der Waals surface area contributed by atoms with Gasteiger partial charge in [0.05, 0.1) is 45.4 Å². The minimum Gasteiger partial charge on any atom is -0.496 e. The fourth-order valence-corrected chi connectivity index (χ4v) is 3.27. The zero-order chi connectivity index (χ0) is 20.2. The van der Waals surface area contributed by atoms with E-state index in [4.69, 9.17) is 24.7 Å². The highest BCUT2D eigenvalue weighted by Gasteiger charge is 2.25. The number of nitrogens with one attached hydrogen (secondary N) is 1. The molecule has 0 bridgehead atoms. The molecule has 0 spiro atoms. The lowest BCUT2D eigenvalue weighted by Crippen LogP contribution is -2.16. The van der Waals surface area contributed by atoms with E-state index in [2.05, 4.69) is 4.72 Å². The van der Waals surface area contributed by atoms with Crippen LogP contribution in [0.2, 0.25) is 0 Å². The molecule has 0 saturated heterocycles. The lowest BCUT2D eigenvalue weighted by Gasteiger charge is -2.21. The molecule has 148 valence electrons. The van der Waals surface area contributed by atoms with Crippen molar-refractivity contribution in [1.29, 1.82) is 0 Å². The molecule has 0 heterocycles. The number of anilines is 2. The Bertz CT molecular complexity index is 928. The molecule has 0 saturated carbocycles. The molecule has 0 fully saturated rings. The zero-order valence-corrected chi connectivity index (χ0v) is 16.8. The predicted molar refractivity (Wildman–Crippen MR) is 106 cm³/mol. The fraction of sp³-hybridized carbons (Fsp3) is 0.333. The number of nitrogen functional groups attached to an aromatic ring is 1. The molecule has 2 aromatic carbocycles. The Labute approximate surface area is 159 Å². The monoisotopic (exact) mass is 396 g/mol. The van der Waals surface area contributed by atoms with Crippen LogP contribution in [0.3, 0.4) is 0 Å². The number of rotatable bonds is 8. The van der Waals surface area contributed by atoms with Gasteiger partial charge in [-0.3, -0.25) is 4.72 Å². The van der Waals surface area contributed by atoms with Crippen LogP contribution in [0.5, 0.6) is 23.0 Å². The summed E-state index contributed by atoms with van der Waals surface area (Å²) in [6.07, 6.45) is 0. The number of ether oxygens (including phenoxy) is 4. The van der Waals surface area contributed by atoms with Crippen molar-refractivity contribution in [3.63, 3.8) is 0 Å². The summed E-state index contributed by atoms with van der Waals surface area (Å²) in [7, 11) is 2.33. The third-order valence-corrected chi connectivity index (χ3v) is 5.28. The molecule has 9 heteroatoms. The third kappa shape index (κ3) is 4.13. The summed E-state index contributed by atoms with van der Waals surface area (Å²) >= 11 is 0. The number of hydrogen-bond donors (Lipinski definition) is 2. The fourth-order valence-electron chi connectivity index (χ4n) is 2.63. The van der Waals surface area contributed by atoms with Crippen LogP contribution in [-0.4, -0.2) is 42.6 Å². The molecule has 0 amide bonds. The van der Waals surface area contributed by atoms with Gasteiger partial charge in [-0.25, -0.2) is 8.42 Å². The van der Waals surface area contributed by atoms with E-state index in [1.807, 2.05) is 0 Å². The maximum Gasteiger partial charge on any atom is 0.232 e. The van der Waals surface area contributed by atoms with Gasteiger partial charge in [0.1, 0.15) is 17.2 Å². The van der Waals surface area contributed by atoms with Crippen molar-refractivity contribution in [3.05, 3.63) is 24.3 Å². The number of sulfonamides is 1. The highest BCUT2D eigenvalue weighted by atomic mass is 32.2. The molecule has 0 atom stereocenters. The quantitative estimate of drug-likeness (QED) is 0.660. The van der Waals surface area contributed by atoms with E-state index in [9.17, 15) is 8.42 Å². The average molecular weight is 396 g/mol. The number of benzene rings is 2. The van der Waals surface area contributed by atoms with Crippen molar-refractivity contribution in [3.8, 4) is 34.1 Å². The Hall–Kier alpha value is -2.81. The second kappa shape index (κ2) is 8.26. The summed E-state index contributed by atoms with van der Waals surface area (Å²) in [6, 6.07) is 6.78. The maximum absolute atomic E-state index is 12.2. The first-order valence-corrected chi connectivity index (χ1v) is 9.74. The molecule has 0 unspecified atom stereocenters. The molecule has 0 aliphatic heterocycles. The Balaban J connectivity index is 2.81. The van der Waals surface area contributed by atoms with Crippen LogP contribution in [0.1, 0.15) is 6.92 Å². The average Bonchev–Trinajstić information content (AvgIpc) is 2.67. The third-order valence-electron chi connectivity index (χ3n) is 4.01. The SMILES string of the molecule is CCS(=O)(=O)Nc1c(OC)cc(OC)c(-c2ccc(OC)c(N)c2)c1OC. The Morgan fingerprint density at radius 3 is 2.04 bits per heavy atom. The van der Waals surface area contributed by atoms with Gasteiger partial charge >= 0.3 is 0 Å². The Morgan fingerprint density at radius 2 is 1.56 bits per heavy atom. The molecule has 2 rings (SSSR count). The van der Waals surface area contributed by atoms with E-state index in [1.165, 1.54) is 35.4 Å². The van der Waals surface area contributed by atoms with Gasteiger partial charge in [0.25, 0.3) is 0 Å². The zero-order valence-electron chi connectivity index (χ0n) is 16.0. The van der Waals surface area contributed by atoms with Gasteiger partial charge in [0, 0.05) is 6.07 Å². The molecular formula is C18H24N2O6S. The van der Waals surface area contributed by atoms with Crippen LogP contribution in [0, 0.1) is 0 Å². The van der Waals surface area contributed by atoms with Crippen LogP contribution >= 0.6 is 0 Å². The van der Waals surface area contributed by atoms with Crippen LogP contribution in [0.15, 0.2) is 24.3 Å². The minimum absolute atomic E-state index is 0.101. The number of nitrogens with two attached hydrogens (primary N) is 1. The Kier molecular flexibility index (Phi) is 6.27. The number of hydrogen-bond acceptors (Lipinski definition) is 7. The second-order valence-electron chi connectivity index (χ2n) is 5.53. The molecule has 2 aromatic rings. The smallest absolute Gasteiger partial charge is 0.232 e. The van der Waals surface area contributed by atoms with Crippen molar-refractivity contribution in [1.82, 2.24) is 0 Å². The summed E-state index contributed by atoms with van der Waals surface area (Å²) in [5.41, 5.74) is 7.84. The predicted octanol–water partition coefficient (Wildman–Crippen LogP) is 2.73. The first-order valence-electron chi connectivity index (χ1n) is 8.09. The minimum atomic E-state index is -3.57. The van der Waals surface area contributed by atoms with Crippen LogP contribution in [0.25, 0.3) is 11.1 Å². The largest absolute Gasteiger partial charge is 0.496 e. The van der Waals surface area contributed by atoms with Gasteiger partial charge in [-0.1, -0.05) is 6.07 Å². The molecule has 27 heavy (non-hydrogen) atoms. The van der Waals surface area contributed by atoms with Gasteiger partial charge < -0.3 is 24.7 Å². The second-order valence-corrected chi connectivity index (χ2v) is 7.54. The first kappa shape index (κ1) is 20.5. The van der Waals surface area contributed by atoms with Gasteiger partial charge in [0.15, 0.2) is 11.5 Å². The molecular weight excluding hydrogens is 372 g/mol. The molecule has 0 radical (unpaired) electrons. The standard InChI is InChI=1S/C18H24N2O6S/c1-6-27(21,22)20-17-15(25-4)10-14(24-3)16(18(17)26-5)11-7-8-13(23-2)12(19)9-11/h7-10,20H,6,19H2,1-5H3. The van der Waals surface area contributed by atoms with E-state index in [-0.39, 0.29) is 22.9 Å². The summed E-state index contributed by atoms with van der Waals surface area (Å²) in [4.78, 5) is 0. The van der Waals surface area contributed by atoms with Crippen molar-refractivity contribution >= 4 is 21.4 Å². The maximum atomic E-state index is 12.2. The van der Waals surface area contributed by atoms with E-state index >= 15 is 0 Å². The van der Waals surface area contributed by atoms with Gasteiger partial charge in [-0.15, -0.1) is 0 Å². The molecule has 3 N–H and O–H groups in total.